The summed E-state index contributed by atoms with van der Waals surface area (Å²) in [6.07, 6.45) is 0.666. The molecule has 0 unspecified atom stereocenters. The molecule has 0 amide bonds. The third kappa shape index (κ3) is 5.85. The minimum atomic E-state index is -2.87. The van der Waals surface area contributed by atoms with E-state index >= 15 is 0 Å². The normalized spacial score (nSPS) is 21.7. The molecule has 46 heavy (non-hydrogen) atoms. The summed E-state index contributed by atoms with van der Waals surface area (Å²) in [4.78, 5) is 19.5. The molecule has 1 aliphatic carbocycles. The van der Waals surface area contributed by atoms with Crippen molar-refractivity contribution in [2.75, 3.05) is 13.7 Å². The maximum absolute atomic E-state index is 14.3. The fourth-order valence-corrected chi connectivity index (χ4v) is 14.6. The number of aliphatic imine (C=N–C) groups is 1. The lowest BCUT2D eigenvalue weighted by atomic mass is 9.87. The van der Waals surface area contributed by atoms with Crippen LogP contribution in [-0.2, 0) is 18.4 Å². The first-order chi connectivity index (χ1) is 22.0. The highest BCUT2D eigenvalue weighted by Gasteiger charge is 2.62. The van der Waals surface area contributed by atoms with E-state index in [-0.39, 0.29) is 17.4 Å². The lowest BCUT2D eigenvalue weighted by molar-refractivity contribution is -0.123. The molecule has 5 rings (SSSR count). The maximum atomic E-state index is 14.3. The highest BCUT2D eigenvalue weighted by molar-refractivity contribution is 6.99. The highest BCUT2D eigenvalue weighted by atomic mass is 28.4. The molecule has 0 N–H and O–H groups in total. The quantitative estimate of drug-likeness (QED) is 0.195. The van der Waals surface area contributed by atoms with Gasteiger partial charge in [0.15, 0.2) is 19.6 Å². The molecule has 0 aromatic heterocycles. The molecule has 0 saturated heterocycles. The molecule has 3 atom stereocenters. The first-order valence-electron chi connectivity index (χ1n) is 16.6. The van der Waals surface area contributed by atoms with Crippen LogP contribution in [0.15, 0.2) is 102 Å². The number of rotatable bonds is 12. The van der Waals surface area contributed by atoms with Gasteiger partial charge in [-0.3, -0.25) is 4.79 Å². The van der Waals surface area contributed by atoms with Gasteiger partial charge >= 0.3 is 0 Å². The van der Waals surface area contributed by atoms with E-state index in [4.69, 9.17) is 23.3 Å². The summed E-state index contributed by atoms with van der Waals surface area (Å²) in [5, 5.41) is 2.19. The van der Waals surface area contributed by atoms with E-state index in [1.807, 2.05) is 43.3 Å². The Morgan fingerprint density at radius 3 is 1.87 bits per heavy atom. The van der Waals surface area contributed by atoms with Crippen molar-refractivity contribution in [1.29, 1.82) is 0 Å². The van der Waals surface area contributed by atoms with Gasteiger partial charge in [0, 0.05) is 5.56 Å². The maximum Gasteiger partial charge on any atom is 0.261 e. The molecule has 3 aromatic carbocycles. The van der Waals surface area contributed by atoms with Gasteiger partial charge in [0.1, 0.15) is 18.0 Å². The number of methoxy groups -OCH3 is 1. The largest absolute Gasteiger partial charge is 0.497 e. The van der Waals surface area contributed by atoms with Gasteiger partial charge in [0.05, 0.1) is 13.7 Å². The van der Waals surface area contributed by atoms with Crippen LogP contribution in [0.2, 0.25) is 23.2 Å². The van der Waals surface area contributed by atoms with E-state index in [9.17, 15) is 4.79 Å². The zero-order valence-electron chi connectivity index (χ0n) is 28.6. The van der Waals surface area contributed by atoms with Crippen molar-refractivity contribution < 1.29 is 23.1 Å². The second kappa shape index (κ2) is 13.4. The fourth-order valence-electron chi connectivity index (χ4n) is 7.19. The summed E-state index contributed by atoms with van der Waals surface area (Å²) in [6, 6.07) is 31.7. The van der Waals surface area contributed by atoms with Gasteiger partial charge in [0.25, 0.3) is 8.32 Å². The minimum Gasteiger partial charge on any atom is -0.497 e. The van der Waals surface area contributed by atoms with Crippen LogP contribution in [0.5, 0.6) is 5.75 Å². The molecule has 2 aliphatic rings. The molecule has 1 aliphatic heterocycles. The molecule has 0 bridgehead atoms. The predicted molar refractivity (Wildman–Crippen MR) is 192 cm³/mol. The van der Waals surface area contributed by atoms with E-state index in [2.05, 4.69) is 90.1 Å². The van der Waals surface area contributed by atoms with Crippen LogP contribution < -0.4 is 15.1 Å². The molecule has 0 fully saturated rings. The number of hydrogen-bond acceptors (Lipinski definition) is 6. The van der Waals surface area contributed by atoms with E-state index in [0.29, 0.717) is 5.90 Å². The van der Waals surface area contributed by atoms with E-state index in [0.717, 1.165) is 35.0 Å². The molecule has 244 valence electrons. The Morgan fingerprint density at radius 2 is 1.39 bits per heavy atom. The molecule has 8 heteroatoms. The Hall–Kier alpha value is -3.31. The van der Waals surface area contributed by atoms with Crippen LogP contribution >= 0.6 is 0 Å². The van der Waals surface area contributed by atoms with Crippen molar-refractivity contribution in [3.05, 3.63) is 102 Å². The van der Waals surface area contributed by atoms with Crippen LogP contribution in [-0.4, -0.2) is 59.8 Å². The predicted octanol–water partition coefficient (Wildman–Crippen LogP) is 7.08. The molecule has 6 nitrogen and oxygen atoms in total. The van der Waals surface area contributed by atoms with Crippen molar-refractivity contribution in [2.45, 2.75) is 89.4 Å². The molecule has 0 radical (unpaired) electrons. The van der Waals surface area contributed by atoms with Crippen LogP contribution in [0.3, 0.4) is 0 Å². The molecule has 0 saturated carbocycles. The third-order valence-corrected chi connectivity index (χ3v) is 19.7. The Labute approximate surface area is 277 Å². The second-order valence-electron chi connectivity index (χ2n) is 13.5. The van der Waals surface area contributed by atoms with Crippen molar-refractivity contribution in [1.82, 2.24) is 0 Å². The van der Waals surface area contributed by atoms with E-state index < -0.39 is 34.4 Å². The number of nitrogens with zero attached hydrogens (tertiary/aromatic N) is 1. The fraction of sp³-hybridized carbons (Fsp3) is 0.421. The van der Waals surface area contributed by atoms with Crippen molar-refractivity contribution >= 4 is 38.7 Å². The SMILES string of the molecule is CC[Si](CC)(CC)O[C@H]1C(CO[Si](c2ccccc2)(c2ccccc2)C(C)(C)C)=CC(=O)[C@]12N=C(c1ccc(OC)cc1)O[C@H]2C. The lowest BCUT2D eigenvalue weighted by Gasteiger charge is -2.44. The van der Waals surface area contributed by atoms with Crippen LogP contribution in [0.25, 0.3) is 0 Å². The van der Waals surface area contributed by atoms with E-state index in [1.165, 1.54) is 10.4 Å². The number of carbonyl (C=O) groups is 1. The zero-order chi connectivity index (χ0) is 33.2. The summed E-state index contributed by atoms with van der Waals surface area (Å²) in [6.45, 7) is 15.7. The van der Waals surface area contributed by atoms with Crippen molar-refractivity contribution in [3.63, 3.8) is 0 Å². The van der Waals surface area contributed by atoms with Crippen LogP contribution in [0, 0.1) is 0 Å². The van der Waals surface area contributed by atoms with Gasteiger partial charge in [-0.05, 0) is 76.4 Å². The number of ether oxygens (including phenoxy) is 2. The first kappa shape index (κ1) is 34.0. The molecule has 3 aromatic rings. The van der Waals surface area contributed by atoms with Crippen LogP contribution in [0.4, 0.5) is 0 Å². The standard InChI is InChI=1S/C38H49NO5Si2/c1-9-45(10-2,11-3)44-35-30(26-34(40)38(35)28(4)43-36(39-38)29-22-24-31(41-8)25-23-29)27-42-46(37(5,6)7,32-18-14-12-15-19-32)33-20-16-13-17-21-33/h12-26,28,35H,9-11,27H2,1-8H3/t28-,35-,38-/m0/s1. The Bertz CT molecular complexity index is 1510. The lowest BCUT2D eigenvalue weighted by Crippen LogP contribution is -2.67. The highest BCUT2D eigenvalue weighted by Crippen LogP contribution is 2.45. The molecular weight excluding hydrogens is 607 g/mol. The van der Waals surface area contributed by atoms with Crippen molar-refractivity contribution in [3.8, 4) is 5.75 Å². The Kier molecular flexibility index (Phi) is 9.94. The first-order valence-corrected chi connectivity index (χ1v) is 21.0. The summed E-state index contributed by atoms with van der Waals surface area (Å²) >= 11 is 0. The number of ketones is 1. The average molecular weight is 656 g/mol. The monoisotopic (exact) mass is 655 g/mol. The molecule has 1 heterocycles. The number of carbonyl (C=O) groups excluding carboxylic acids is 1. The van der Waals surface area contributed by atoms with Crippen LogP contribution in [0.1, 0.15) is 54.0 Å². The summed E-state index contributed by atoms with van der Waals surface area (Å²) in [5.41, 5.74) is 0.440. The van der Waals surface area contributed by atoms with Gasteiger partial charge < -0.3 is 18.3 Å². The topological polar surface area (TPSA) is 66.4 Å². The smallest absolute Gasteiger partial charge is 0.261 e. The zero-order valence-corrected chi connectivity index (χ0v) is 30.6. The van der Waals surface area contributed by atoms with Gasteiger partial charge in [-0.25, -0.2) is 4.99 Å². The second-order valence-corrected chi connectivity index (χ2v) is 22.5. The average Bonchev–Trinajstić information content (AvgIpc) is 3.56. The van der Waals surface area contributed by atoms with Crippen molar-refractivity contribution in [2.24, 2.45) is 4.99 Å². The Balaban J connectivity index is 1.60. The Morgan fingerprint density at radius 1 is 0.848 bits per heavy atom. The van der Waals surface area contributed by atoms with Gasteiger partial charge in [-0.2, -0.15) is 0 Å². The summed E-state index contributed by atoms with van der Waals surface area (Å²) in [5.74, 6) is 1.12. The molecule has 1 spiro atoms. The summed E-state index contributed by atoms with van der Waals surface area (Å²) in [7, 11) is -3.44. The third-order valence-electron chi connectivity index (χ3n) is 10.2. The number of benzene rings is 3. The van der Waals surface area contributed by atoms with E-state index in [1.54, 1.807) is 13.2 Å². The van der Waals surface area contributed by atoms with Gasteiger partial charge in [-0.15, -0.1) is 0 Å². The van der Waals surface area contributed by atoms with Gasteiger partial charge in [0.2, 0.25) is 5.90 Å². The molecular formula is C38H49NO5Si2. The number of hydrogen-bond donors (Lipinski definition) is 0. The van der Waals surface area contributed by atoms with Gasteiger partial charge in [-0.1, -0.05) is 102 Å². The minimum absolute atomic E-state index is 0.0826. The summed E-state index contributed by atoms with van der Waals surface area (Å²) < 4.78 is 26.4.